The lowest BCUT2D eigenvalue weighted by Crippen LogP contribution is -2.40. The monoisotopic (exact) mass is 342 g/mol. The number of carbonyl (C=O) groups is 1. The number of benzene rings is 2. The molecule has 3 rings (SSSR count). The highest BCUT2D eigenvalue weighted by atomic mass is 19.1. The van der Waals surface area contributed by atoms with Crippen molar-refractivity contribution in [1.82, 2.24) is 4.90 Å². The highest BCUT2D eigenvalue weighted by Gasteiger charge is 2.23. The van der Waals surface area contributed by atoms with E-state index in [0.717, 1.165) is 30.6 Å². The second kappa shape index (κ2) is 8.51. The van der Waals surface area contributed by atoms with Gasteiger partial charge in [-0.3, -0.25) is 0 Å². The number of carbonyl (C=O) groups excluding carboxylic acids is 1. The number of ether oxygens (including phenoxy) is 1. The van der Waals surface area contributed by atoms with Crippen LogP contribution >= 0.6 is 0 Å². The number of piperidine rings is 1. The summed E-state index contributed by atoms with van der Waals surface area (Å²) in [6.07, 6.45) is 1.59. The van der Waals surface area contributed by atoms with Crippen LogP contribution in [0.2, 0.25) is 0 Å². The third kappa shape index (κ3) is 5.21. The Bertz CT molecular complexity index is 685. The average Bonchev–Trinajstić information content (AvgIpc) is 2.66. The number of nitrogens with one attached hydrogen (secondary N) is 1. The molecule has 0 unspecified atom stereocenters. The molecule has 1 N–H and O–H groups in total. The van der Waals surface area contributed by atoms with Gasteiger partial charge in [0.15, 0.2) is 0 Å². The van der Waals surface area contributed by atoms with E-state index in [-0.39, 0.29) is 11.9 Å². The molecule has 1 amide bonds. The first-order valence-corrected chi connectivity index (χ1v) is 8.66. The maximum atomic E-state index is 13.2. The zero-order chi connectivity index (χ0) is 17.5. The molecule has 2 aromatic carbocycles. The fourth-order valence-corrected chi connectivity index (χ4v) is 2.99. The molecule has 2 aromatic rings. The third-order valence-corrected chi connectivity index (χ3v) is 4.50. The number of hydrogen-bond acceptors (Lipinski definition) is 3. The number of likely N-dealkylation sites (tertiary alicyclic amines) is 1. The smallest absolute Gasteiger partial charge is 0.410 e. The third-order valence-electron chi connectivity index (χ3n) is 4.50. The van der Waals surface area contributed by atoms with E-state index in [4.69, 9.17) is 4.74 Å². The summed E-state index contributed by atoms with van der Waals surface area (Å²) < 4.78 is 18.5. The van der Waals surface area contributed by atoms with Gasteiger partial charge in [0.1, 0.15) is 12.4 Å². The fraction of sp³-hybridized carbons (Fsp3) is 0.350. The van der Waals surface area contributed by atoms with Gasteiger partial charge in [-0.1, -0.05) is 36.4 Å². The molecule has 1 fully saturated rings. The van der Waals surface area contributed by atoms with Crippen molar-refractivity contribution in [3.05, 3.63) is 66.0 Å². The Morgan fingerprint density at radius 3 is 2.60 bits per heavy atom. The largest absolute Gasteiger partial charge is 0.445 e. The molecule has 0 bridgehead atoms. The van der Waals surface area contributed by atoms with Gasteiger partial charge in [0.05, 0.1) is 0 Å². The van der Waals surface area contributed by atoms with Gasteiger partial charge in [-0.05, 0) is 42.5 Å². The van der Waals surface area contributed by atoms with Crippen molar-refractivity contribution in [2.75, 3.05) is 25.0 Å². The summed E-state index contributed by atoms with van der Waals surface area (Å²) in [5.41, 5.74) is 1.79. The molecule has 0 aromatic heterocycles. The minimum Gasteiger partial charge on any atom is -0.445 e. The Morgan fingerprint density at radius 1 is 1.12 bits per heavy atom. The van der Waals surface area contributed by atoms with Crippen LogP contribution in [0.4, 0.5) is 14.9 Å². The molecular formula is C20H23FN2O2. The summed E-state index contributed by atoms with van der Waals surface area (Å²) in [5.74, 6) is 0.238. The van der Waals surface area contributed by atoms with Crippen LogP contribution in [0.5, 0.6) is 0 Å². The van der Waals surface area contributed by atoms with Crippen LogP contribution < -0.4 is 5.32 Å². The predicted octanol–water partition coefficient (Wildman–Crippen LogP) is 4.29. The van der Waals surface area contributed by atoms with E-state index in [1.165, 1.54) is 12.1 Å². The highest BCUT2D eigenvalue weighted by Crippen LogP contribution is 2.19. The topological polar surface area (TPSA) is 41.6 Å². The minimum absolute atomic E-state index is 0.235. The summed E-state index contributed by atoms with van der Waals surface area (Å²) >= 11 is 0. The van der Waals surface area contributed by atoms with E-state index in [2.05, 4.69) is 5.32 Å². The van der Waals surface area contributed by atoms with Crippen molar-refractivity contribution < 1.29 is 13.9 Å². The van der Waals surface area contributed by atoms with Crippen molar-refractivity contribution in [2.24, 2.45) is 5.92 Å². The van der Waals surface area contributed by atoms with Gasteiger partial charge in [0.25, 0.3) is 0 Å². The van der Waals surface area contributed by atoms with Crippen LogP contribution in [0.15, 0.2) is 54.6 Å². The Hall–Kier alpha value is -2.56. The average molecular weight is 342 g/mol. The van der Waals surface area contributed by atoms with E-state index in [1.807, 2.05) is 36.4 Å². The van der Waals surface area contributed by atoms with Gasteiger partial charge < -0.3 is 15.0 Å². The summed E-state index contributed by atoms with van der Waals surface area (Å²) in [6.45, 7) is 2.49. The van der Waals surface area contributed by atoms with E-state index in [9.17, 15) is 9.18 Å². The zero-order valence-electron chi connectivity index (χ0n) is 14.2. The van der Waals surface area contributed by atoms with E-state index < -0.39 is 0 Å². The summed E-state index contributed by atoms with van der Waals surface area (Å²) in [4.78, 5) is 13.9. The normalized spacial score (nSPS) is 15.0. The van der Waals surface area contributed by atoms with Crippen molar-refractivity contribution in [2.45, 2.75) is 19.4 Å². The van der Waals surface area contributed by atoms with Gasteiger partial charge in [-0.25, -0.2) is 9.18 Å². The molecular weight excluding hydrogens is 319 g/mol. The van der Waals surface area contributed by atoms with Gasteiger partial charge >= 0.3 is 6.09 Å². The number of nitrogens with zero attached hydrogens (tertiary/aromatic N) is 1. The highest BCUT2D eigenvalue weighted by molar-refractivity contribution is 5.67. The number of amides is 1. The molecule has 0 saturated carbocycles. The number of halogens is 1. The van der Waals surface area contributed by atoms with E-state index in [1.54, 1.807) is 11.0 Å². The van der Waals surface area contributed by atoms with Crippen LogP contribution in [-0.2, 0) is 11.3 Å². The van der Waals surface area contributed by atoms with Gasteiger partial charge in [0.2, 0.25) is 0 Å². The van der Waals surface area contributed by atoms with Crippen molar-refractivity contribution in [3.8, 4) is 0 Å². The predicted molar refractivity (Wildman–Crippen MR) is 95.8 cm³/mol. The molecule has 0 aliphatic carbocycles. The molecule has 1 aliphatic heterocycles. The van der Waals surface area contributed by atoms with Crippen LogP contribution in [0, 0.1) is 11.7 Å². The van der Waals surface area contributed by atoms with Gasteiger partial charge in [-0.2, -0.15) is 0 Å². The second-order valence-corrected chi connectivity index (χ2v) is 6.36. The fourth-order valence-electron chi connectivity index (χ4n) is 2.99. The molecule has 1 saturated heterocycles. The van der Waals surface area contributed by atoms with Crippen molar-refractivity contribution in [3.63, 3.8) is 0 Å². The first kappa shape index (κ1) is 17.3. The lowest BCUT2D eigenvalue weighted by molar-refractivity contribution is 0.0832. The first-order chi connectivity index (χ1) is 12.2. The number of hydrogen-bond donors (Lipinski definition) is 1. The lowest BCUT2D eigenvalue weighted by Gasteiger charge is -2.31. The van der Waals surface area contributed by atoms with Crippen LogP contribution in [0.25, 0.3) is 0 Å². The molecule has 132 valence electrons. The maximum absolute atomic E-state index is 13.2. The Kier molecular flexibility index (Phi) is 5.88. The van der Waals surface area contributed by atoms with Crippen LogP contribution in [0.1, 0.15) is 18.4 Å². The van der Waals surface area contributed by atoms with E-state index in [0.29, 0.717) is 25.6 Å². The molecule has 1 heterocycles. The van der Waals surface area contributed by atoms with Crippen molar-refractivity contribution in [1.29, 1.82) is 0 Å². The number of rotatable bonds is 5. The quantitative estimate of drug-likeness (QED) is 0.881. The zero-order valence-corrected chi connectivity index (χ0v) is 14.2. The number of anilines is 1. The Labute approximate surface area is 147 Å². The second-order valence-electron chi connectivity index (χ2n) is 6.36. The van der Waals surface area contributed by atoms with Crippen LogP contribution in [0.3, 0.4) is 0 Å². The molecule has 25 heavy (non-hydrogen) atoms. The molecule has 0 spiro atoms. The lowest BCUT2D eigenvalue weighted by atomic mass is 9.97. The standard InChI is InChI=1S/C20H23FN2O2/c21-18-7-4-8-19(13-18)22-14-16-9-11-23(12-10-16)20(24)25-15-17-5-2-1-3-6-17/h1-8,13,16,22H,9-12,14-15H2. The van der Waals surface area contributed by atoms with Gasteiger partial charge in [-0.15, -0.1) is 0 Å². The van der Waals surface area contributed by atoms with Crippen molar-refractivity contribution >= 4 is 11.8 Å². The van der Waals surface area contributed by atoms with E-state index >= 15 is 0 Å². The Balaban J connectivity index is 1.38. The SMILES string of the molecule is O=C(OCc1ccccc1)N1CCC(CNc2cccc(F)c2)CC1. The molecule has 5 heteroatoms. The van der Waals surface area contributed by atoms with Crippen LogP contribution in [-0.4, -0.2) is 30.6 Å². The summed E-state index contributed by atoms with van der Waals surface area (Å²) in [5, 5.41) is 3.27. The minimum atomic E-state index is -0.250. The van der Waals surface area contributed by atoms with Gasteiger partial charge in [0, 0.05) is 25.3 Å². The molecule has 0 radical (unpaired) electrons. The first-order valence-electron chi connectivity index (χ1n) is 8.66. The molecule has 0 atom stereocenters. The Morgan fingerprint density at radius 2 is 1.88 bits per heavy atom. The maximum Gasteiger partial charge on any atom is 0.410 e. The summed E-state index contributed by atoms with van der Waals surface area (Å²) in [7, 11) is 0. The summed E-state index contributed by atoms with van der Waals surface area (Å²) in [6, 6.07) is 16.2. The molecule has 4 nitrogen and oxygen atoms in total. The molecule has 1 aliphatic rings.